The molecule has 0 atom stereocenters. The zero-order chi connectivity index (χ0) is 15.2. The van der Waals surface area contributed by atoms with Gasteiger partial charge in [-0.2, -0.15) is 5.10 Å². The maximum atomic E-state index is 4.39. The van der Waals surface area contributed by atoms with Gasteiger partial charge in [0.05, 0.1) is 5.69 Å². The van der Waals surface area contributed by atoms with Gasteiger partial charge in [-0.15, -0.1) is 0 Å². The lowest BCUT2D eigenvalue weighted by atomic mass is 10.0. The highest BCUT2D eigenvalue weighted by molar-refractivity contribution is 5.58. The van der Waals surface area contributed by atoms with Crippen LogP contribution in [-0.4, -0.2) is 32.8 Å². The van der Waals surface area contributed by atoms with Gasteiger partial charge in [0.2, 0.25) is 0 Å². The number of anilines is 2. The monoisotopic (exact) mass is 288 g/mol. The van der Waals surface area contributed by atoms with Gasteiger partial charge in [0.15, 0.2) is 0 Å². The van der Waals surface area contributed by atoms with Gasteiger partial charge in [-0.05, 0) is 18.9 Å². The van der Waals surface area contributed by atoms with E-state index in [-0.39, 0.29) is 0 Å². The van der Waals surface area contributed by atoms with Gasteiger partial charge in [-0.3, -0.25) is 4.68 Å². The summed E-state index contributed by atoms with van der Waals surface area (Å²) >= 11 is 0. The second-order valence-electron chi connectivity index (χ2n) is 5.33. The smallest absolute Gasteiger partial charge is 0.134 e. The zero-order valence-electron chi connectivity index (χ0n) is 13.2. The van der Waals surface area contributed by atoms with Gasteiger partial charge in [0.25, 0.3) is 0 Å². The molecule has 0 aliphatic carbocycles. The molecule has 2 rings (SSSR count). The number of hydrogen-bond acceptors (Lipinski definition) is 5. The number of aryl methyl sites for hydroxylation is 1. The Morgan fingerprint density at radius 1 is 1.19 bits per heavy atom. The number of hydrogen-bond donors (Lipinski definition) is 2. The van der Waals surface area contributed by atoms with Gasteiger partial charge in [-0.1, -0.05) is 13.8 Å². The first-order valence-corrected chi connectivity index (χ1v) is 7.43. The fourth-order valence-corrected chi connectivity index (χ4v) is 2.30. The minimum atomic E-state index is 0.359. The van der Waals surface area contributed by atoms with E-state index in [4.69, 9.17) is 0 Å². The summed E-state index contributed by atoms with van der Waals surface area (Å²) in [5.74, 6) is 2.19. The van der Waals surface area contributed by atoms with Crippen molar-refractivity contribution in [1.82, 2.24) is 19.7 Å². The third-order valence-electron chi connectivity index (χ3n) is 3.25. The standard InChI is InChI=1S/C15H24N6/c1-5-16-14-13(11(2)3)15(19-10-18-14)17-8-6-12-7-9-21(4)20-12/h7,9-11H,5-6,8H2,1-4H3,(H2,16,17,18,19). The molecule has 0 aliphatic heterocycles. The summed E-state index contributed by atoms with van der Waals surface area (Å²) in [4.78, 5) is 8.73. The zero-order valence-corrected chi connectivity index (χ0v) is 13.2. The lowest BCUT2D eigenvalue weighted by molar-refractivity contribution is 0.741. The van der Waals surface area contributed by atoms with E-state index < -0.39 is 0 Å². The predicted octanol–water partition coefficient (Wildman–Crippen LogP) is 2.42. The van der Waals surface area contributed by atoms with Crippen LogP contribution in [0.3, 0.4) is 0 Å². The first kappa shape index (κ1) is 15.3. The normalized spacial score (nSPS) is 10.9. The summed E-state index contributed by atoms with van der Waals surface area (Å²) in [7, 11) is 1.93. The fraction of sp³-hybridized carbons (Fsp3) is 0.533. The van der Waals surface area contributed by atoms with Crippen LogP contribution in [0.15, 0.2) is 18.6 Å². The van der Waals surface area contributed by atoms with E-state index in [9.17, 15) is 0 Å². The van der Waals surface area contributed by atoms with E-state index in [1.54, 1.807) is 6.33 Å². The molecule has 114 valence electrons. The Morgan fingerprint density at radius 3 is 2.48 bits per heavy atom. The van der Waals surface area contributed by atoms with Gasteiger partial charge in [0, 0.05) is 38.3 Å². The Hall–Kier alpha value is -2.11. The highest BCUT2D eigenvalue weighted by Gasteiger charge is 2.14. The second kappa shape index (κ2) is 7.06. The van der Waals surface area contributed by atoms with Crippen LogP contribution in [0.2, 0.25) is 0 Å². The molecule has 0 aromatic carbocycles. The molecule has 2 N–H and O–H groups in total. The molecule has 6 heteroatoms. The summed E-state index contributed by atoms with van der Waals surface area (Å²) in [5, 5.41) is 11.1. The molecule has 21 heavy (non-hydrogen) atoms. The van der Waals surface area contributed by atoms with Gasteiger partial charge in [0.1, 0.15) is 18.0 Å². The molecular formula is C15H24N6. The maximum absolute atomic E-state index is 4.39. The van der Waals surface area contributed by atoms with E-state index in [0.29, 0.717) is 5.92 Å². The molecule has 0 fully saturated rings. The molecule has 2 aromatic rings. The molecule has 6 nitrogen and oxygen atoms in total. The summed E-state index contributed by atoms with van der Waals surface area (Å²) in [5.41, 5.74) is 2.22. The highest BCUT2D eigenvalue weighted by atomic mass is 15.2. The van der Waals surface area contributed by atoms with E-state index >= 15 is 0 Å². The quantitative estimate of drug-likeness (QED) is 0.819. The number of nitrogens with one attached hydrogen (secondary N) is 2. The first-order valence-electron chi connectivity index (χ1n) is 7.43. The van der Waals surface area contributed by atoms with Crippen molar-refractivity contribution in [1.29, 1.82) is 0 Å². The lowest BCUT2D eigenvalue weighted by Gasteiger charge is -2.17. The van der Waals surface area contributed by atoms with Crippen molar-refractivity contribution >= 4 is 11.6 Å². The van der Waals surface area contributed by atoms with E-state index in [2.05, 4.69) is 46.5 Å². The Labute approximate surface area is 126 Å². The fourth-order valence-electron chi connectivity index (χ4n) is 2.30. The van der Waals surface area contributed by atoms with Crippen molar-refractivity contribution in [2.45, 2.75) is 33.1 Å². The Kier molecular flexibility index (Phi) is 5.14. The molecule has 0 unspecified atom stereocenters. The van der Waals surface area contributed by atoms with Gasteiger partial charge in [-0.25, -0.2) is 9.97 Å². The Morgan fingerprint density at radius 2 is 1.90 bits per heavy atom. The van der Waals surface area contributed by atoms with Crippen molar-refractivity contribution in [2.24, 2.45) is 7.05 Å². The van der Waals surface area contributed by atoms with Crippen molar-refractivity contribution < 1.29 is 0 Å². The van der Waals surface area contributed by atoms with Crippen molar-refractivity contribution in [3.63, 3.8) is 0 Å². The molecule has 0 spiro atoms. The van der Waals surface area contributed by atoms with Crippen molar-refractivity contribution in [2.75, 3.05) is 23.7 Å². The van der Waals surface area contributed by atoms with E-state index in [1.165, 1.54) is 0 Å². The lowest BCUT2D eigenvalue weighted by Crippen LogP contribution is -2.13. The minimum absolute atomic E-state index is 0.359. The van der Waals surface area contributed by atoms with Crippen LogP contribution in [0.4, 0.5) is 11.6 Å². The third kappa shape index (κ3) is 3.93. The number of rotatable bonds is 7. The topological polar surface area (TPSA) is 67.7 Å². The molecule has 2 aromatic heterocycles. The molecule has 0 radical (unpaired) electrons. The van der Waals surface area contributed by atoms with Gasteiger partial charge < -0.3 is 10.6 Å². The van der Waals surface area contributed by atoms with Crippen LogP contribution in [0.5, 0.6) is 0 Å². The molecule has 0 saturated carbocycles. The average Bonchev–Trinajstić information content (AvgIpc) is 2.85. The molecule has 0 amide bonds. The Bertz CT molecular complexity index is 575. The van der Waals surface area contributed by atoms with Crippen LogP contribution < -0.4 is 10.6 Å². The van der Waals surface area contributed by atoms with Crippen LogP contribution in [0, 0.1) is 0 Å². The summed E-state index contributed by atoms with van der Waals surface area (Å²) in [6.45, 7) is 8.04. The third-order valence-corrected chi connectivity index (χ3v) is 3.25. The van der Waals surface area contributed by atoms with Crippen LogP contribution in [0.1, 0.15) is 37.9 Å². The number of aromatic nitrogens is 4. The summed E-state index contributed by atoms with van der Waals surface area (Å²) in [6.07, 6.45) is 4.44. The summed E-state index contributed by atoms with van der Waals surface area (Å²) < 4.78 is 1.82. The van der Waals surface area contributed by atoms with Crippen molar-refractivity contribution in [3.05, 3.63) is 29.8 Å². The minimum Gasteiger partial charge on any atom is -0.370 e. The largest absolute Gasteiger partial charge is 0.370 e. The van der Waals surface area contributed by atoms with Crippen LogP contribution >= 0.6 is 0 Å². The van der Waals surface area contributed by atoms with Crippen molar-refractivity contribution in [3.8, 4) is 0 Å². The first-order chi connectivity index (χ1) is 10.1. The maximum Gasteiger partial charge on any atom is 0.134 e. The Balaban J connectivity index is 2.06. The predicted molar refractivity (Wildman–Crippen MR) is 85.7 cm³/mol. The van der Waals surface area contributed by atoms with Gasteiger partial charge >= 0.3 is 0 Å². The van der Waals surface area contributed by atoms with E-state index in [0.717, 1.165) is 42.4 Å². The molecule has 0 aliphatic rings. The molecule has 0 bridgehead atoms. The second-order valence-corrected chi connectivity index (χ2v) is 5.33. The SMILES string of the molecule is CCNc1ncnc(NCCc2ccn(C)n2)c1C(C)C. The van der Waals surface area contributed by atoms with Crippen LogP contribution in [0.25, 0.3) is 0 Å². The van der Waals surface area contributed by atoms with Crippen LogP contribution in [-0.2, 0) is 13.5 Å². The number of nitrogens with zero attached hydrogens (tertiary/aromatic N) is 4. The molecule has 2 heterocycles. The average molecular weight is 288 g/mol. The summed E-state index contributed by atoms with van der Waals surface area (Å²) in [6, 6.07) is 2.04. The highest BCUT2D eigenvalue weighted by Crippen LogP contribution is 2.28. The van der Waals surface area contributed by atoms with E-state index in [1.807, 2.05) is 24.0 Å². The molecular weight excluding hydrogens is 264 g/mol. The molecule has 0 saturated heterocycles.